The first-order chi connectivity index (χ1) is 14.0. The van der Waals surface area contributed by atoms with Gasteiger partial charge in [0.25, 0.3) is 11.8 Å². The van der Waals surface area contributed by atoms with Gasteiger partial charge in [0, 0.05) is 37.1 Å². The zero-order chi connectivity index (χ0) is 20.4. The van der Waals surface area contributed by atoms with E-state index in [1.807, 2.05) is 18.2 Å². The van der Waals surface area contributed by atoms with Gasteiger partial charge in [-0.2, -0.15) is 0 Å². The molecule has 3 aromatic rings. The third-order valence-electron chi connectivity index (χ3n) is 5.01. The van der Waals surface area contributed by atoms with E-state index in [-0.39, 0.29) is 29.9 Å². The molecule has 3 heterocycles. The van der Waals surface area contributed by atoms with E-state index < -0.39 is 5.97 Å². The molecule has 0 radical (unpaired) electrons. The first kappa shape index (κ1) is 18.8. The SMILES string of the molecule is Cc1c(C(=O)OCC(=O)N2CCN(C(=O)c3ccco3)CC2)oc2ccccc12. The van der Waals surface area contributed by atoms with Gasteiger partial charge >= 0.3 is 5.97 Å². The number of nitrogens with zero attached hydrogens (tertiary/aromatic N) is 2. The standard InChI is InChI=1S/C21H20N2O6/c1-14-15-5-2-3-6-16(15)29-19(14)21(26)28-13-18(24)22-8-10-23(11-9-22)20(25)17-7-4-12-27-17/h2-7,12H,8-11,13H2,1H3. The summed E-state index contributed by atoms with van der Waals surface area (Å²) in [6.45, 7) is 2.92. The van der Waals surface area contributed by atoms with Crippen LogP contribution < -0.4 is 0 Å². The van der Waals surface area contributed by atoms with Gasteiger partial charge in [-0.05, 0) is 25.1 Å². The molecule has 0 spiro atoms. The van der Waals surface area contributed by atoms with Crippen LogP contribution in [0.1, 0.15) is 26.7 Å². The smallest absolute Gasteiger partial charge is 0.375 e. The minimum atomic E-state index is -0.668. The maximum atomic E-state index is 12.4. The lowest BCUT2D eigenvalue weighted by atomic mass is 10.1. The zero-order valence-electron chi connectivity index (χ0n) is 15.9. The van der Waals surface area contributed by atoms with Crippen LogP contribution in [0, 0.1) is 6.92 Å². The van der Waals surface area contributed by atoms with Gasteiger partial charge in [0.15, 0.2) is 12.4 Å². The molecule has 29 heavy (non-hydrogen) atoms. The third-order valence-corrected chi connectivity index (χ3v) is 5.01. The lowest BCUT2D eigenvalue weighted by molar-refractivity contribution is -0.136. The van der Waals surface area contributed by atoms with Gasteiger partial charge < -0.3 is 23.4 Å². The molecule has 8 heteroatoms. The predicted octanol–water partition coefficient (Wildman–Crippen LogP) is 2.48. The Labute approximate surface area is 166 Å². The number of amides is 2. The molecule has 0 aliphatic carbocycles. The summed E-state index contributed by atoms with van der Waals surface area (Å²) in [4.78, 5) is 40.2. The molecule has 1 aromatic carbocycles. The van der Waals surface area contributed by atoms with Crippen molar-refractivity contribution in [2.45, 2.75) is 6.92 Å². The largest absolute Gasteiger partial charge is 0.459 e. The topological polar surface area (TPSA) is 93.2 Å². The maximum absolute atomic E-state index is 12.4. The second kappa shape index (κ2) is 7.83. The summed E-state index contributed by atoms with van der Waals surface area (Å²) in [5.41, 5.74) is 1.28. The van der Waals surface area contributed by atoms with E-state index in [4.69, 9.17) is 13.6 Å². The molecule has 1 aliphatic heterocycles. The van der Waals surface area contributed by atoms with Crippen molar-refractivity contribution in [3.05, 3.63) is 59.7 Å². The highest BCUT2D eigenvalue weighted by atomic mass is 16.5. The lowest BCUT2D eigenvalue weighted by Gasteiger charge is -2.34. The Hall–Kier alpha value is -3.55. The molecule has 0 bridgehead atoms. The molecule has 2 amide bonds. The average Bonchev–Trinajstić information content (AvgIpc) is 3.40. The zero-order valence-corrected chi connectivity index (χ0v) is 15.9. The molecular weight excluding hydrogens is 376 g/mol. The van der Waals surface area contributed by atoms with E-state index in [1.165, 1.54) is 6.26 Å². The number of para-hydroxylation sites is 1. The molecule has 8 nitrogen and oxygen atoms in total. The Bertz CT molecular complexity index is 1040. The molecule has 4 rings (SSSR count). The number of ether oxygens (including phenoxy) is 1. The highest BCUT2D eigenvalue weighted by Crippen LogP contribution is 2.25. The molecule has 0 unspecified atom stereocenters. The number of rotatable bonds is 4. The van der Waals surface area contributed by atoms with Crippen molar-refractivity contribution in [2.24, 2.45) is 0 Å². The molecule has 1 saturated heterocycles. The predicted molar refractivity (Wildman–Crippen MR) is 102 cm³/mol. The number of aryl methyl sites for hydroxylation is 1. The number of benzene rings is 1. The van der Waals surface area contributed by atoms with Crippen LogP contribution in [0.3, 0.4) is 0 Å². The van der Waals surface area contributed by atoms with Crippen molar-refractivity contribution in [1.29, 1.82) is 0 Å². The Morgan fingerprint density at radius 3 is 2.41 bits per heavy atom. The summed E-state index contributed by atoms with van der Waals surface area (Å²) >= 11 is 0. The Morgan fingerprint density at radius 1 is 1.00 bits per heavy atom. The van der Waals surface area contributed by atoms with Crippen molar-refractivity contribution in [1.82, 2.24) is 9.80 Å². The molecule has 1 fully saturated rings. The van der Waals surface area contributed by atoms with E-state index in [9.17, 15) is 14.4 Å². The first-order valence-corrected chi connectivity index (χ1v) is 9.30. The molecule has 150 valence electrons. The van der Waals surface area contributed by atoms with E-state index in [0.29, 0.717) is 37.3 Å². The summed E-state index contributed by atoms with van der Waals surface area (Å²) in [6, 6.07) is 10.6. The van der Waals surface area contributed by atoms with Gasteiger partial charge in [0.1, 0.15) is 5.58 Å². The highest BCUT2D eigenvalue weighted by Gasteiger charge is 2.27. The number of furan rings is 2. The van der Waals surface area contributed by atoms with Crippen LogP contribution in [0.15, 0.2) is 51.5 Å². The summed E-state index contributed by atoms with van der Waals surface area (Å²) in [6.07, 6.45) is 1.45. The minimum Gasteiger partial charge on any atom is -0.459 e. The van der Waals surface area contributed by atoms with Crippen LogP contribution in [0.2, 0.25) is 0 Å². The van der Waals surface area contributed by atoms with E-state index in [0.717, 1.165) is 5.39 Å². The number of carbonyl (C=O) groups is 3. The monoisotopic (exact) mass is 396 g/mol. The maximum Gasteiger partial charge on any atom is 0.375 e. The fourth-order valence-corrected chi connectivity index (χ4v) is 3.37. The van der Waals surface area contributed by atoms with Crippen LogP contribution >= 0.6 is 0 Å². The van der Waals surface area contributed by atoms with E-state index >= 15 is 0 Å². The number of carbonyl (C=O) groups excluding carboxylic acids is 3. The van der Waals surface area contributed by atoms with Crippen LogP contribution in [0.5, 0.6) is 0 Å². The molecule has 0 saturated carbocycles. The third kappa shape index (κ3) is 3.73. The molecule has 1 aliphatic rings. The van der Waals surface area contributed by atoms with Gasteiger partial charge in [-0.1, -0.05) is 18.2 Å². The number of hydrogen-bond acceptors (Lipinski definition) is 6. The van der Waals surface area contributed by atoms with Gasteiger partial charge in [-0.25, -0.2) is 4.79 Å². The summed E-state index contributed by atoms with van der Waals surface area (Å²) in [7, 11) is 0. The van der Waals surface area contributed by atoms with Gasteiger partial charge in [0.2, 0.25) is 5.76 Å². The van der Waals surface area contributed by atoms with Crippen molar-refractivity contribution in [3.8, 4) is 0 Å². The van der Waals surface area contributed by atoms with Crippen molar-refractivity contribution >= 4 is 28.8 Å². The molecule has 2 aromatic heterocycles. The summed E-state index contributed by atoms with van der Waals surface area (Å²) in [5, 5.41) is 0.836. The quantitative estimate of drug-likeness (QED) is 0.629. The Balaban J connectivity index is 1.30. The van der Waals surface area contributed by atoms with Gasteiger partial charge in [-0.3, -0.25) is 9.59 Å². The van der Waals surface area contributed by atoms with Crippen LogP contribution in [-0.2, 0) is 9.53 Å². The lowest BCUT2D eigenvalue weighted by Crippen LogP contribution is -2.51. The van der Waals surface area contributed by atoms with Crippen molar-refractivity contribution < 1.29 is 28.0 Å². The summed E-state index contributed by atoms with van der Waals surface area (Å²) in [5.74, 6) is -0.794. The normalized spacial score (nSPS) is 14.2. The van der Waals surface area contributed by atoms with Crippen LogP contribution in [0.4, 0.5) is 0 Å². The molecular formula is C21H20N2O6. The number of fused-ring (bicyclic) bond motifs is 1. The molecule has 0 atom stereocenters. The fraction of sp³-hybridized carbons (Fsp3) is 0.286. The Morgan fingerprint density at radius 2 is 1.72 bits per heavy atom. The fourth-order valence-electron chi connectivity index (χ4n) is 3.37. The average molecular weight is 396 g/mol. The Kier molecular flexibility index (Phi) is 5.07. The highest BCUT2D eigenvalue weighted by molar-refractivity contribution is 5.96. The van der Waals surface area contributed by atoms with Crippen molar-refractivity contribution in [2.75, 3.05) is 32.8 Å². The first-order valence-electron chi connectivity index (χ1n) is 9.30. The van der Waals surface area contributed by atoms with Gasteiger partial charge in [-0.15, -0.1) is 0 Å². The number of hydrogen-bond donors (Lipinski definition) is 0. The minimum absolute atomic E-state index is 0.105. The second-order valence-corrected chi connectivity index (χ2v) is 6.78. The summed E-state index contributed by atoms with van der Waals surface area (Å²) < 4.78 is 15.9. The van der Waals surface area contributed by atoms with Gasteiger partial charge in [0.05, 0.1) is 6.26 Å². The number of esters is 1. The van der Waals surface area contributed by atoms with E-state index in [1.54, 1.807) is 34.9 Å². The van der Waals surface area contributed by atoms with Crippen LogP contribution in [0.25, 0.3) is 11.0 Å². The number of piperazine rings is 1. The molecule has 0 N–H and O–H groups in total. The van der Waals surface area contributed by atoms with E-state index in [2.05, 4.69) is 0 Å². The van der Waals surface area contributed by atoms with Crippen molar-refractivity contribution in [3.63, 3.8) is 0 Å². The van der Waals surface area contributed by atoms with Crippen LogP contribution in [-0.4, -0.2) is 60.4 Å². The second-order valence-electron chi connectivity index (χ2n) is 6.78.